The molecule has 1 amide bonds. The Balaban J connectivity index is 1.50. The summed E-state index contributed by atoms with van der Waals surface area (Å²) in [5, 5.41) is 2.84. The van der Waals surface area contributed by atoms with Crippen LogP contribution in [0.2, 0.25) is 0 Å². The van der Waals surface area contributed by atoms with Gasteiger partial charge in [-0.3, -0.25) is 13.4 Å². The van der Waals surface area contributed by atoms with Gasteiger partial charge in [-0.1, -0.05) is 12.1 Å². The Morgan fingerprint density at radius 1 is 1.41 bits per heavy atom. The number of hydrogen-bond donors (Lipinski definition) is 1. The van der Waals surface area contributed by atoms with Crippen LogP contribution in [0.1, 0.15) is 33.8 Å². The van der Waals surface area contributed by atoms with Crippen LogP contribution in [0.5, 0.6) is 0 Å². The van der Waals surface area contributed by atoms with E-state index < -0.39 is 11.1 Å². The zero-order valence-electron chi connectivity index (χ0n) is 14.3. The van der Waals surface area contributed by atoms with Crippen molar-refractivity contribution >= 4 is 22.8 Å². The van der Waals surface area contributed by atoms with E-state index in [1.807, 2.05) is 6.07 Å². The molecule has 140 valence electrons. The molecule has 0 bridgehead atoms. The van der Waals surface area contributed by atoms with Crippen LogP contribution < -0.4 is 5.32 Å². The standard InChI is InChI=1S/C18H18N4O4S/c23-17(14-9-21-18-19-4-5-22(18)10-14)20-8-12-1-2-16(27(24)25)15(7-12)13-3-6-26-11-13/h1-2,4-5,7,9-10,13H,3,6,8,11H2,(H,20,23)(H,24,25)/p-1. The summed E-state index contributed by atoms with van der Waals surface area (Å²) in [7, 11) is 0. The lowest BCUT2D eigenvalue weighted by Gasteiger charge is -2.18. The number of nitrogens with one attached hydrogen (secondary N) is 1. The predicted octanol–water partition coefficient (Wildman–Crippen LogP) is 1.40. The van der Waals surface area contributed by atoms with Gasteiger partial charge in [0, 0.05) is 48.8 Å². The number of nitrogens with zero attached hydrogens (tertiary/aromatic N) is 3. The first kappa shape index (κ1) is 17.8. The second-order valence-electron chi connectivity index (χ2n) is 6.33. The molecule has 0 aliphatic carbocycles. The Morgan fingerprint density at radius 2 is 2.30 bits per heavy atom. The normalized spacial score (nSPS) is 17.9. The van der Waals surface area contributed by atoms with Crippen LogP contribution in [-0.4, -0.2) is 42.3 Å². The number of hydrogen-bond acceptors (Lipinski definition) is 6. The number of aromatic nitrogens is 3. The number of carbonyl (C=O) groups excluding carboxylic acids is 1. The van der Waals surface area contributed by atoms with Crippen LogP contribution in [0.25, 0.3) is 5.78 Å². The van der Waals surface area contributed by atoms with E-state index in [0.29, 0.717) is 24.6 Å². The molecular weight excluding hydrogens is 368 g/mol. The third-order valence-corrected chi connectivity index (χ3v) is 5.31. The number of carbonyl (C=O) groups is 1. The lowest BCUT2D eigenvalue weighted by Crippen LogP contribution is -2.23. The number of ether oxygens (including phenoxy) is 1. The van der Waals surface area contributed by atoms with Crippen LogP contribution in [0.3, 0.4) is 0 Å². The van der Waals surface area contributed by atoms with Crippen molar-refractivity contribution in [1.82, 2.24) is 19.7 Å². The van der Waals surface area contributed by atoms with Crippen LogP contribution in [0.15, 0.2) is 47.9 Å². The van der Waals surface area contributed by atoms with E-state index in [0.717, 1.165) is 17.5 Å². The Hall–Kier alpha value is -2.62. The number of benzene rings is 1. The van der Waals surface area contributed by atoms with Crippen molar-refractivity contribution in [3.63, 3.8) is 0 Å². The highest BCUT2D eigenvalue weighted by Gasteiger charge is 2.21. The van der Waals surface area contributed by atoms with Crippen LogP contribution in [0, 0.1) is 0 Å². The molecule has 1 aliphatic heterocycles. The molecule has 2 atom stereocenters. The topological polar surface area (TPSA) is 109 Å². The third kappa shape index (κ3) is 3.75. The van der Waals surface area contributed by atoms with Crippen LogP contribution in [0.4, 0.5) is 0 Å². The fraction of sp³-hybridized carbons (Fsp3) is 0.278. The minimum atomic E-state index is -2.31. The zero-order chi connectivity index (χ0) is 18.8. The Kier molecular flexibility index (Phi) is 4.97. The van der Waals surface area contributed by atoms with Gasteiger partial charge in [-0.05, 0) is 34.7 Å². The highest BCUT2D eigenvalue weighted by Crippen LogP contribution is 2.30. The molecule has 0 spiro atoms. The van der Waals surface area contributed by atoms with Crippen molar-refractivity contribution in [3.05, 3.63) is 59.7 Å². The summed E-state index contributed by atoms with van der Waals surface area (Å²) < 4.78 is 30.1. The minimum absolute atomic E-state index is 0.0569. The van der Waals surface area contributed by atoms with Crippen LogP contribution >= 0.6 is 0 Å². The first-order valence-corrected chi connectivity index (χ1v) is 9.56. The molecule has 3 heterocycles. The second-order valence-corrected chi connectivity index (χ2v) is 7.24. The van der Waals surface area contributed by atoms with E-state index in [2.05, 4.69) is 15.3 Å². The lowest BCUT2D eigenvalue weighted by molar-refractivity contribution is 0.0950. The van der Waals surface area contributed by atoms with E-state index in [9.17, 15) is 13.6 Å². The third-order valence-electron chi connectivity index (χ3n) is 4.58. The summed E-state index contributed by atoms with van der Waals surface area (Å²) in [6, 6.07) is 5.13. The molecule has 0 radical (unpaired) electrons. The Morgan fingerprint density at radius 3 is 3.07 bits per heavy atom. The zero-order valence-corrected chi connectivity index (χ0v) is 15.1. The van der Waals surface area contributed by atoms with Gasteiger partial charge in [0.15, 0.2) is 0 Å². The maximum absolute atomic E-state index is 12.4. The summed E-state index contributed by atoms with van der Waals surface area (Å²) in [6.45, 7) is 1.42. The summed E-state index contributed by atoms with van der Waals surface area (Å²) in [4.78, 5) is 20.8. The smallest absolute Gasteiger partial charge is 0.254 e. The summed E-state index contributed by atoms with van der Waals surface area (Å²) >= 11 is -2.31. The highest BCUT2D eigenvalue weighted by molar-refractivity contribution is 7.79. The molecule has 0 saturated carbocycles. The van der Waals surface area contributed by atoms with Gasteiger partial charge in [-0.2, -0.15) is 0 Å². The van der Waals surface area contributed by atoms with Gasteiger partial charge in [0.05, 0.1) is 12.2 Å². The second kappa shape index (κ2) is 7.55. The first-order valence-electron chi connectivity index (χ1n) is 8.48. The molecule has 2 unspecified atom stereocenters. The monoisotopic (exact) mass is 385 g/mol. The molecular formula is C18H17N4O4S-. The molecule has 1 fully saturated rings. The molecule has 27 heavy (non-hydrogen) atoms. The van der Waals surface area contributed by atoms with E-state index in [1.54, 1.807) is 35.1 Å². The van der Waals surface area contributed by atoms with Gasteiger partial charge in [-0.15, -0.1) is 0 Å². The number of amides is 1. The summed E-state index contributed by atoms with van der Waals surface area (Å²) in [5.74, 6) is 0.318. The molecule has 4 rings (SSSR count). The van der Waals surface area contributed by atoms with Gasteiger partial charge in [0.1, 0.15) is 0 Å². The van der Waals surface area contributed by atoms with Crippen molar-refractivity contribution in [2.45, 2.75) is 23.8 Å². The Labute approximate surface area is 157 Å². The van der Waals surface area contributed by atoms with Gasteiger partial charge in [-0.25, -0.2) is 9.97 Å². The fourth-order valence-corrected chi connectivity index (χ4v) is 3.77. The quantitative estimate of drug-likeness (QED) is 0.665. The predicted molar refractivity (Wildman–Crippen MR) is 96.0 cm³/mol. The largest absolute Gasteiger partial charge is 0.768 e. The van der Waals surface area contributed by atoms with Gasteiger partial charge >= 0.3 is 0 Å². The van der Waals surface area contributed by atoms with E-state index in [1.165, 1.54) is 6.20 Å². The molecule has 1 aromatic carbocycles. The molecule has 1 aliphatic rings. The number of fused-ring (bicyclic) bond motifs is 1. The van der Waals surface area contributed by atoms with Gasteiger partial charge in [0.25, 0.3) is 5.91 Å². The number of imidazole rings is 1. The van der Waals surface area contributed by atoms with Crippen molar-refractivity contribution in [1.29, 1.82) is 0 Å². The fourth-order valence-electron chi connectivity index (χ4n) is 3.18. The Bertz CT molecular complexity index is 1010. The van der Waals surface area contributed by atoms with Crippen molar-refractivity contribution in [2.75, 3.05) is 13.2 Å². The van der Waals surface area contributed by atoms with Crippen molar-refractivity contribution < 1.29 is 18.3 Å². The minimum Gasteiger partial charge on any atom is -0.768 e. The number of rotatable bonds is 5. The van der Waals surface area contributed by atoms with Crippen molar-refractivity contribution in [2.24, 2.45) is 0 Å². The summed E-state index contributed by atoms with van der Waals surface area (Å²) in [5.41, 5.74) is 1.99. The molecule has 2 aromatic heterocycles. The molecule has 3 aromatic rings. The first-order chi connectivity index (χ1) is 13.1. The van der Waals surface area contributed by atoms with E-state index in [4.69, 9.17) is 4.74 Å². The van der Waals surface area contributed by atoms with Gasteiger partial charge in [0.2, 0.25) is 5.78 Å². The lowest BCUT2D eigenvalue weighted by atomic mass is 9.96. The van der Waals surface area contributed by atoms with E-state index in [-0.39, 0.29) is 23.3 Å². The maximum Gasteiger partial charge on any atom is 0.254 e. The maximum atomic E-state index is 12.4. The molecule has 8 nitrogen and oxygen atoms in total. The van der Waals surface area contributed by atoms with Crippen molar-refractivity contribution in [3.8, 4) is 0 Å². The molecule has 9 heteroatoms. The highest BCUT2D eigenvalue weighted by atomic mass is 32.2. The van der Waals surface area contributed by atoms with Crippen LogP contribution in [-0.2, 0) is 22.4 Å². The average Bonchev–Trinajstić information content (AvgIpc) is 3.36. The molecule has 1 N–H and O–H groups in total. The van der Waals surface area contributed by atoms with E-state index >= 15 is 0 Å². The van der Waals surface area contributed by atoms with Gasteiger partial charge < -0.3 is 14.6 Å². The summed E-state index contributed by atoms with van der Waals surface area (Å²) in [6.07, 6.45) is 7.26. The molecule has 1 saturated heterocycles. The SMILES string of the molecule is O=C(NCc1ccc(S(=O)[O-])c(C2CCOC2)c1)c1cnc2nccn2c1. The average molecular weight is 385 g/mol.